The first kappa shape index (κ1) is 11.4. The van der Waals surface area contributed by atoms with E-state index >= 15 is 0 Å². The van der Waals surface area contributed by atoms with E-state index in [0.29, 0.717) is 0 Å². The molecule has 1 aromatic rings. The second-order valence-corrected chi connectivity index (χ2v) is 4.39. The maximum atomic E-state index is 5.22. The van der Waals surface area contributed by atoms with Crippen molar-refractivity contribution in [1.29, 1.82) is 0 Å². The quantitative estimate of drug-likeness (QED) is 0.805. The summed E-state index contributed by atoms with van der Waals surface area (Å²) in [5.74, 6) is 0.950. The molecule has 0 unspecified atom stereocenters. The van der Waals surface area contributed by atoms with Crippen LogP contribution in [0, 0.1) is 0 Å². The number of methoxy groups -OCH3 is 1. The molecule has 0 radical (unpaired) electrons. The van der Waals surface area contributed by atoms with E-state index in [4.69, 9.17) is 4.74 Å². The van der Waals surface area contributed by atoms with Gasteiger partial charge in [0.2, 0.25) is 0 Å². The van der Waals surface area contributed by atoms with Crippen LogP contribution in [0.3, 0.4) is 0 Å². The first-order valence-corrected chi connectivity index (χ1v) is 5.83. The van der Waals surface area contributed by atoms with Gasteiger partial charge in [0, 0.05) is 25.7 Å². The zero-order valence-electron chi connectivity index (χ0n) is 10.1. The molecular weight excluding hydrogens is 200 g/mol. The lowest BCUT2D eigenvalue weighted by atomic mass is 10.1. The SMILES string of the molecule is COc1cccc(CCN(C)C2CNC2)c1. The summed E-state index contributed by atoms with van der Waals surface area (Å²) in [5.41, 5.74) is 1.35. The molecule has 0 aliphatic carbocycles. The summed E-state index contributed by atoms with van der Waals surface area (Å²) >= 11 is 0. The van der Waals surface area contributed by atoms with E-state index < -0.39 is 0 Å². The van der Waals surface area contributed by atoms with Gasteiger partial charge in [-0.2, -0.15) is 0 Å². The number of hydrogen-bond donors (Lipinski definition) is 1. The van der Waals surface area contributed by atoms with Crippen LogP contribution in [0.4, 0.5) is 0 Å². The number of hydrogen-bond acceptors (Lipinski definition) is 3. The molecule has 1 aliphatic rings. The van der Waals surface area contributed by atoms with Gasteiger partial charge in [-0.25, -0.2) is 0 Å². The number of nitrogens with zero attached hydrogens (tertiary/aromatic N) is 1. The molecule has 1 fully saturated rings. The third kappa shape index (κ3) is 2.74. The maximum Gasteiger partial charge on any atom is 0.119 e. The molecule has 2 rings (SSSR count). The van der Waals surface area contributed by atoms with E-state index in [-0.39, 0.29) is 0 Å². The molecule has 0 saturated carbocycles. The second kappa shape index (κ2) is 5.32. The number of benzene rings is 1. The summed E-state index contributed by atoms with van der Waals surface area (Å²) in [4.78, 5) is 2.43. The third-order valence-electron chi connectivity index (χ3n) is 3.27. The molecule has 16 heavy (non-hydrogen) atoms. The molecule has 1 heterocycles. The summed E-state index contributed by atoms with van der Waals surface area (Å²) in [5, 5.41) is 3.30. The van der Waals surface area contributed by atoms with Crippen molar-refractivity contribution in [2.24, 2.45) is 0 Å². The van der Waals surface area contributed by atoms with Crippen molar-refractivity contribution < 1.29 is 4.74 Å². The average Bonchev–Trinajstić information content (AvgIpc) is 2.24. The highest BCUT2D eigenvalue weighted by atomic mass is 16.5. The molecule has 3 nitrogen and oxygen atoms in total. The van der Waals surface area contributed by atoms with Gasteiger partial charge in [0.15, 0.2) is 0 Å². The fourth-order valence-corrected chi connectivity index (χ4v) is 1.90. The van der Waals surface area contributed by atoms with Gasteiger partial charge in [0.1, 0.15) is 5.75 Å². The topological polar surface area (TPSA) is 24.5 Å². The minimum Gasteiger partial charge on any atom is -0.497 e. The Hall–Kier alpha value is -1.06. The van der Waals surface area contributed by atoms with Gasteiger partial charge in [-0.15, -0.1) is 0 Å². The highest BCUT2D eigenvalue weighted by Crippen LogP contribution is 2.13. The predicted molar refractivity (Wildman–Crippen MR) is 66.0 cm³/mol. The van der Waals surface area contributed by atoms with Gasteiger partial charge in [-0.05, 0) is 31.2 Å². The zero-order chi connectivity index (χ0) is 11.4. The number of rotatable bonds is 5. The largest absolute Gasteiger partial charge is 0.497 e. The Morgan fingerprint density at radius 2 is 2.25 bits per heavy atom. The van der Waals surface area contributed by atoms with Crippen LogP contribution in [0.5, 0.6) is 5.75 Å². The Labute approximate surface area is 97.4 Å². The number of ether oxygens (including phenoxy) is 1. The van der Waals surface area contributed by atoms with Crippen molar-refractivity contribution in [3.63, 3.8) is 0 Å². The lowest BCUT2D eigenvalue weighted by Gasteiger charge is -2.35. The first-order chi connectivity index (χ1) is 7.79. The van der Waals surface area contributed by atoms with Gasteiger partial charge in [0.25, 0.3) is 0 Å². The molecule has 0 atom stereocenters. The van der Waals surface area contributed by atoms with Crippen LogP contribution >= 0.6 is 0 Å². The normalized spacial score (nSPS) is 16.2. The van der Waals surface area contributed by atoms with Crippen molar-refractivity contribution in [3.05, 3.63) is 29.8 Å². The molecule has 0 spiro atoms. The van der Waals surface area contributed by atoms with E-state index in [1.807, 2.05) is 6.07 Å². The van der Waals surface area contributed by atoms with E-state index in [1.165, 1.54) is 5.56 Å². The Morgan fingerprint density at radius 1 is 1.44 bits per heavy atom. The molecular formula is C13H20N2O. The van der Waals surface area contributed by atoms with Crippen LogP contribution < -0.4 is 10.1 Å². The van der Waals surface area contributed by atoms with E-state index in [1.54, 1.807) is 7.11 Å². The molecule has 3 heteroatoms. The van der Waals surface area contributed by atoms with Crippen molar-refractivity contribution in [2.75, 3.05) is 33.8 Å². The summed E-state index contributed by atoms with van der Waals surface area (Å²) in [6, 6.07) is 9.05. The fraction of sp³-hybridized carbons (Fsp3) is 0.538. The minimum absolute atomic E-state index is 0.727. The van der Waals surface area contributed by atoms with Gasteiger partial charge < -0.3 is 15.0 Å². The van der Waals surface area contributed by atoms with Gasteiger partial charge in [-0.1, -0.05) is 12.1 Å². The van der Waals surface area contributed by atoms with Crippen LogP contribution in [0.2, 0.25) is 0 Å². The van der Waals surface area contributed by atoms with Crippen LogP contribution in [-0.2, 0) is 6.42 Å². The number of nitrogens with one attached hydrogen (secondary N) is 1. The van der Waals surface area contributed by atoms with Gasteiger partial charge in [-0.3, -0.25) is 0 Å². The van der Waals surface area contributed by atoms with Gasteiger partial charge >= 0.3 is 0 Å². The molecule has 1 N–H and O–H groups in total. The summed E-state index contributed by atoms with van der Waals surface area (Å²) in [6.07, 6.45) is 1.09. The fourth-order valence-electron chi connectivity index (χ4n) is 1.90. The summed E-state index contributed by atoms with van der Waals surface area (Å²) in [6.45, 7) is 3.38. The van der Waals surface area contributed by atoms with Crippen LogP contribution in [0.25, 0.3) is 0 Å². The predicted octanol–water partition coefficient (Wildman–Crippen LogP) is 1.14. The molecule has 0 bridgehead atoms. The highest BCUT2D eigenvalue weighted by Gasteiger charge is 2.20. The molecule has 88 valence electrons. The van der Waals surface area contributed by atoms with Crippen molar-refractivity contribution in [2.45, 2.75) is 12.5 Å². The molecule has 1 aliphatic heterocycles. The highest BCUT2D eigenvalue weighted by molar-refractivity contribution is 5.28. The zero-order valence-corrected chi connectivity index (χ0v) is 10.1. The van der Waals surface area contributed by atoms with Crippen LogP contribution in [0.1, 0.15) is 5.56 Å². The molecule has 1 aromatic carbocycles. The average molecular weight is 220 g/mol. The van der Waals surface area contributed by atoms with Crippen molar-refractivity contribution in [1.82, 2.24) is 10.2 Å². The molecule has 0 aromatic heterocycles. The van der Waals surface area contributed by atoms with Crippen molar-refractivity contribution >= 4 is 0 Å². The minimum atomic E-state index is 0.727. The second-order valence-electron chi connectivity index (χ2n) is 4.39. The van der Waals surface area contributed by atoms with Gasteiger partial charge in [0.05, 0.1) is 7.11 Å². The molecule has 1 saturated heterocycles. The smallest absolute Gasteiger partial charge is 0.119 e. The standard InChI is InChI=1S/C13H20N2O/c1-15(12-9-14-10-12)7-6-11-4-3-5-13(8-11)16-2/h3-5,8,12,14H,6-7,9-10H2,1-2H3. The maximum absolute atomic E-state index is 5.22. The Bertz CT molecular complexity index is 336. The van der Waals surface area contributed by atoms with E-state index in [0.717, 1.165) is 37.8 Å². The first-order valence-electron chi connectivity index (χ1n) is 5.83. The number of likely N-dealkylation sites (N-methyl/N-ethyl adjacent to an activating group) is 1. The third-order valence-corrected chi connectivity index (χ3v) is 3.27. The van der Waals surface area contributed by atoms with Crippen LogP contribution in [0.15, 0.2) is 24.3 Å². The summed E-state index contributed by atoms with van der Waals surface area (Å²) < 4.78 is 5.22. The summed E-state index contributed by atoms with van der Waals surface area (Å²) in [7, 11) is 3.91. The van der Waals surface area contributed by atoms with E-state index in [9.17, 15) is 0 Å². The Morgan fingerprint density at radius 3 is 2.88 bits per heavy atom. The van der Waals surface area contributed by atoms with Crippen molar-refractivity contribution in [3.8, 4) is 5.75 Å². The monoisotopic (exact) mass is 220 g/mol. The Kier molecular flexibility index (Phi) is 3.80. The molecule has 0 amide bonds. The van der Waals surface area contributed by atoms with E-state index in [2.05, 4.69) is 35.5 Å². The lowest BCUT2D eigenvalue weighted by molar-refractivity contribution is 0.182. The van der Waals surface area contributed by atoms with Crippen LogP contribution in [-0.4, -0.2) is 44.7 Å². The lowest BCUT2D eigenvalue weighted by Crippen LogP contribution is -2.56. The Balaban J connectivity index is 1.83.